The van der Waals surface area contributed by atoms with Crippen molar-refractivity contribution in [1.82, 2.24) is 0 Å². The molecule has 1 rings (SSSR count). The van der Waals surface area contributed by atoms with Crippen molar-refractivity contribution in [2.24, 2.45) is 0 Å². The SMILES string of the molecule is C=C(OC(=O)/C(C)=C/CCCCOC=C(C)C)/C(C)=C\C(=C)c1cc(C)c(OC(C)(C)C)c(C)c1. The topological polar surface area (TPSA) is 44.8 Å². The standard InChI is InChI=1S/C31H44O4/c1-21(2)20-33-16-14-12-13-15-22(3)30(32)34-27(8)23(4)17-24(5)28-18-25(6)29(26(7)19-28)35-31(9,10)11/h15,17-20H,5,8,12-14,16H2,1-4,6-7,9-11H3/b22-15+,23-17-. The summed E-state index contributed by atoms with van der Waals surface area (Å²) in [5, 5.41) is 0. The number of esters is 1. The number of rotatable bonds is 12. The van der Waals surface area contributed by atoms with Crippen molar-refractivity contribution in [1.29, 1.82) is 0 Å². The van der Waals surface area contributed by atoms with Crippen molar-refractivity contribution in [2.75, 3.05) is 6.61 Å². The molecule has 0 amide bonds. The third-order valence-electron chi connectivity index (χ3n) is 5.09. The molecule has 0 bridgehead atoms. The van der Waals surface area contributed by atoms with E-state index in [2.05, 4.69) is 25.3 Å². The number of allylic oxidation sites excluding steroid dienone is 5. The largest absolute Gasteiger partial charge is 0.501 e. The second kappa shape index (κ2) is 13.8. The van der Waals surface area contributed by atoms with E-state index in [0.717, 1.165) is 58.4 Å². The zero-order chi connectivity index (χ0) is 26.8. The van der Waals surface area contributed by atoms with Crippen LogP contribution in [0.15, 0.2) is 66.2 Å². The summed E-state index contributed by atoms with van der Waals surface area (Å²) in [4.78, 5) is 12.4. The average Bonchev–Trinajstić information content (AvgIpc) is 2.74. The van der Waals surface area contributed by atoms with Crippen LogP contribution in [0.3, 0.4) is 0 Å². The first-order chi connectivity index (χ1) is 16.2. The maximum atomic E-state index is 12.4. The van der Waals surface area contributed by atoms with Crippen LogP contribution in [0.4, 0.5) is 0 Å². The first kappa shape index (κ1) is 30.0. The normalized spacial score (nSPS) is 12.1. The monoisotopic (exact) mass is 480 g/mol. The predicted octanol–water partition coefficient (Wildman–Crippen LogP) is 8.55. The second-order valence-electron chi connectivity index (χ2n) is 10.3. The van der Waals surface area contributed by atoms with Crippen LogP contribution in [-0.4, -0.2) is 18.2 Å². The van der Waals surface area contributed by atoms with E-state index in [0.29, 0.717) is 17.9 Å². The van der Waals surface area contributed by atoms with Crippen LogP contribution in [0.2, 0.25) is 0 Å². The number of benzene rings is 1. The molecule has 0 aliphatic rings. The predicted molar refractivity (Wildman–Crippen MR) is 147 cm³/mol. The van der Waals surface area contributed by atoms with Gasteiger partial charge in [-0.1, -0.05) is 19.2 Å². The summed E-state index contributed by atoms with van der Waals surface area (Å²) in [6.07, 6.45) is 8.24. The maximum absolute atomic E-state index is 12.4. The van der Waals surface area contributed by atoms with Gasteiger partial charge in [-0.2, -0.15) is 0 Å². The van der Waals surface area contributed by atoms with E-state index < -0.39 is 0 Å². The molecule has 0 unspecified atom stereocenters. The Balaban J connectivity index is 2.71. The van der Waals surface area contributed by atoms with E-state index in [4.69, 9.17) is 14.2 Å². The van der Waals surface area contributed by atoms with Crippen molar-refractivity contribution in [3.8, 4) is 5.75 Å². The third-order valence-corrected chi connectivity index (χ3v) is 5.09. The van der Waals surface area contributed by atoms with Crippen LogP contribution in [0, 0.1) is 13.8 Å². The number of hydrogen-bond donors (Lipinski definition) is 0. The number of unbranched alkanes of at least 4 members (excludes halogenated alkanes) is 2. The van der Waals surface area contributed by atoms with Gasteiger partial charge in [-0.15, -0.1) is 0 Å². The summed E-state index contributed by atoms with van der Waals surface area (Å²) >= 11 is 0. The van der Waals surface area contributed by atoms with Crippen LogP contribution in [-0.2, 0) is 14.3 Å². The molecule has 0 radical (unpaired) electrons. The molecule has 0 aliphatic carbocycles. The molecule has 1 aromatic rings. The highest BCUT2D eigenvalue weighted by molar-refractivity contribution is 5.88. The van der Waals surface area contributed by atoms with Crippen LogP contribution in [0.25, 0.3) is 5.57 Å². The zero-order valence-electron chi connectivity index (χ0n) is 23.3. The minimum atomic E-state index is -0.385. The number of aryl methyl sites for hydroxylation is 2. The van der Waals surface area contributed by atoms with Crippen LogP contribution in [0.5, 0.6) is 5.75 Å². The van der Waals surface area contributed by atoms with E-state index in [9.17, 15) is 4.79 Å². The van der Waals surface area contributed by atoms with Gasteiger partial charge in [-0.25, -0.2) is 4.79 Å². The molecular formula is C31H44O4. The Kier molecular flexibility index (Phi) is 11.8. The van der Waals surface area contributed by atoms with Gasteiger partial charge in [0.15, 0.2) is 0 Å². The first-order valence-electron chi connectivity index (χ1n) is 12.2. The van der Waals surface area contributed by atoms with Gasteiger partial charge in [0.25, 0.3) is 0 Å². The summed E-state index contributed by atoms with van der Waals surface area (Å²) in [6, 6.07) is 4.12. The Morgan fingerprint density at radius 1 is 0.971 bits per heavy atom. The summed E-state index contributed by atoms with van der Waals surface area (Å²) in [6.45, 7) is 26.6. The Hall–Kier alpha value is -3.01. The molecule has 4 nitrogen and oxygen atoms in total. The number of carbonyl (C=O) groups excluding carboxylic acids is 1. The summed E-state index contributed by atoms with van der Waals surface area (Å²) < 4.78 is 17.0. The van der Waals surface area contributed by atoms with E-state index >= 15 is 0 Å². The van der Waals surface area contributed by atoms with Crippen molar-refractivity contribution in [2.45, 2.75) is 87.2 Å². The fourth-order valence-corrected chi connectivity index (χ4v) is 3.26. The van der Waals surface area contributed by atoms with Crippen molar-refractivity contribution in [3.05, 3.63) is 82.9 Å². The molecule has 192 valence electrons. The molecule has 0 spiro atoms. The van der Waals surface area contributed by atoms with Gasteiger partial charge < -0.3 is 14.2 Å². The summed E-state index contributed by atoms with van der Waals surface area (Å²) in [7, 11) is 0. The third kappa shape index (κ3) is 11.3. The smallest absolute Gasteiger partial charge is 0.338 e. The zero-order valence-corrected chi connectivity index (χ0v) is 23.3. The molecule has 0 heterocycles. The molecule has 35 heavy (non-hydrogen) atoms. The molecule has 0 fully saturated rings. The Morgan fingerprint density at radius 2 is 1.57 bits per heavy atom. The van der Waals surface area contributed by atoms with E-state index in [1.54, 1.807) is 13.2 Å². The Morgan fingerprint density at radius 3 is 2.11 bits per heavy atom. The molecule has 0 saturated carbocycles. The van der Waals surface area contributed by atoms with Gasteiger partial charge in [0, 0.05) is 5.57 Å². The molecule has 1 aromatic carbocycles. The highest BCUT2D eigenvalue weighted by Crippen LogP contribution is 2.31. The lowest BCUT2D eigenvalue weighted by Crippen LogP contribution is -2.24. The molecule has 0 N–H and O–H groups in total. The van der Waals surface area contributed by atoms with E-state index in [-0.39, 0.29) is 11.6 Å². The average molecular weight is 481 g/mol. The number of ether oxygens (including phenoxy) is 3. The number of carbonyl (C=O) groups is 1. The molecular weight excluding hydrogens is 436 g/mol. The lowest BCUT2D eigenvalue weighted by molar-refractivity contribution is -0.134. The lowest BCUT2D eigenvalue weighted by Gasteiger charge is -2.24. The maximum Gasteiger partial charge on any atom is 0.338 e. The summed E-state index contributed by atoms with van der Waals surface area (Å²) in [5.41, 5.74) is 6.11. The minimum absolute atomic E-state index is 0.265. The Bertz CT molecular complexity index is 986. The summed E-state index contributed by atoms with van der Waals surface area (Å²) in [5.74, 6) is 0.834. The van der Waals surface area contributed by atoms with Crippen molar-refractivity contribution in [3.63, 3.8) is 0 Å². The minimum Gasteiger partial charge on any atom is -0.501 e. The molecule has 0 aliphatic heterocycles. The van der Waals surface area contributed by atoms with Gasteiger partial charge in [-0.3, -0.25) is 0 Å². The molecule has 0 aromatic heterocycles. The highest BCUT2D eigenvalue weighted by Gasteiger charge is 2.16. The van der Waals surface area contributed by atoms with E-state index in [1.165, 1.54) is 0 Å². The highest BCUT2D eigenvalue weighted by atomic mass is 16.5. The van der Waals surface area contributed by atoms with Gasteiger partial charge >= 0.3 is 5.97 Å². The van der Waals surface area contributed by atoms with Crippen molar-refractivity contribution < 1.29 is 19.0 Å². The van der Waals surface area contributed by atoms with Crippen LogP contribution >= 0.6 is 0 Å². The van der Waals surface area contributed by atoms with Gasteiger partial charge in [-0.05, 0) is 133 Å². The fourth-order valence-electron chi connectivity index (χ4n) is 3.26. The van der Waals surface area contributed by atoms with Crippen LogP contribution < -0.4 is 4.74 Å². The lowest BCUT2D eigenvalue weighted by atomic mass is 9.98. The van der Waals surface area contributed by atoms with Gasteiger partial charge in [0.05, 0.1) is 12.9 Å². The Labute approximate surface area is 213 Å². The molecule has 0 atom stereocenters. The van der Waals surface area contributed by atoms with Gasteiger partial charge in [0.1, 0.15) is 17.1 Å². The fraction of sp³-hybridized carbons (Fsp3) is 0.452. The second-order valence-corrected chi connectivity index (χ2v) is 10.3. The molecule has 0 saturated heterocycles. The molecule has 4 heteroatoms. The first-order valence-corrected chi connectivity index (χ1v) is 12.2. The number of hydrogen-bond acceptors (Lipinski definition) is 4. The van der Waals surface area contributed by atoms with E-state index in [1.807, 2.05) is 67.5 Å². The van der Waals surface area contributed by atoms with Crippen molar-refractivity contribution >= 4 is 11.5 Å². The van der Waals surface area contributed by atoms with Gasteiger partial charge in [0.2, 0.25) is 0 Å². The van der Waals surface area contributed by atoms with Crippen LogP contribution in [0.1, 0.15) is 84.4 Å². The quantitative estimate of drug-likeness (QED) is 0.0988.